The fourth-order valence-corrected chi connectivity index (χ4v) is 5.25. The maximum atomic E-state index is 12.5. The van der Waals surface area contributed by atoms with Gasteiger partial charge in [0.25, 0.3) is 0 Å². The van der Waals surface area contributed by atoms with E-state index < -0.39 is 0 Å². The molecule has 2 aliphatic carbocycles. The van der Waals surface area contributed by atoms with Crippen molar-refractivity contribution in [3.05, 3.63) is 28.8 Å². The number of carbonyl (C=O) groups is 1. The van der Waals surface area contributed by atoms with Crippen LogP contribution in [0.5, 0.6) is 5.75 Å². The smallest absolute Gasteiger partial charge is 0.317 e. The van der Waals surface area contributed by atoms with Gasteiger partial charge < -0.3 is 20.4 Å². The normalized spacial score (nSPS) is 33.3. The molecule has 1 saturated heterocycles. The van der Waals surface area contributed by atoms with Crippen molar-refractivity contribution in [2.75, 3.05) is 13.1 Å². The van der Waals surface area contributed by atoms with Gasteiger partial charge in [-0.1, -0.05) is 12.1 Å². The van der Waals surface area contributed by atoms with Gasteiger partial charge in [0.2, 0.25) is 0 Å². The Labute approximate surface area is 142 Å². The standard InChI is InChI=1S/C19H26N2O3/c1-10-5-12(6-11(2)17(10)22)3-4-20-19(24)21-9-14-7-13-8-15(14)16(21)18(13)23/h5-6,13-16,18,22-23H,3-4,7-9H2,1-2H3,(H,20,24). The number of phenols is 1. The fraction of sp³-hybridized carbons (Fsp3) is 0.632. The summed E-state index contributed by atoms with van der Waals surface area (Å²) in [5, 5.41) is 23.2. The molecule has 5 heteroatoms. The number of likely N-dealkylation sites (tertiary alicyclic amines) is 1. The van der Waals surface area contributed by atoms with Gasteiger partial charge in [-0.05, 0) is 67.6 Å². The lowest BCUT2D eigenvalue weighted by atomic mass is 9.88. The van der Waals surface area contributed by atoms with Crippen LogP contribution in [0.25, 0.3) is 0 Å². The quantitative estimate of drug-likeness (QED) is 0.793. The minimum atomic E-state index is -0.332. The predicted octanol–water partition coefficient (Wildman–Crippen LogP) is 1.96. The largest absolute Gasteiger partial charge is 0.507 e. The second-order valence-corrected chi connectivity index (χ2v) is 7.85. The van der Waals surface area contributed by atoms with E-state index in [1.165, 1.54) is 0 Å². The summed E-state index contributed by atoms with van der Waals surface area (Å²) in [5.41, 5.74) is 2.85. The molecule has 2 bridgehead atoms. The first kappa shape index (κ1) is 15.8. The Kier molecular flexibility index (Phi) is 3.71. The van der Waals surface area contributed by atoms with E-state index >= 15 is 0 Å². The van der Waals surface area contributed by atoms with Crippen molar-refractivity contribution in [1.29, 1.82) is 0 Å². The third kappa shape index (κ3) is 2.37. The Bertz CT molecular complexity index is 650. The summed E-state index contributed by atoms with van der Waals surface area (Å²) in [6.07, 6.45) is 2.58. The second-order valence-electron chi connectivity index (χ2n) is 7.85. The molecule has 1 aromatic rings. The highest BCUT2D eigenvalue weighted by Crippen LogP contribution is 2.54. The van der Waals surface area contributed by atoms with Gasteiger partial charge in [-0.3, -0.25) is 0 Å². The number of aliphatic hydroxyl groups is 1. The summed E-state index contributed by atoms with van der Waals surface area (Å²) >= 11 is 0. The molecule has 2 amide bonds. The van der Waals surface area contributed by atoms with Crippen LogP contribution in [0.3, 0.4) is 0 Å². The van der Waals surface area contributed by atoms with Crippen LogP contribution in [0.1, 0.15) is 29.5 Å². The first-order valence-electron chi connectivity index (χ1n) is 8.97. The maximum absolute atomic E-state index is 12.5. The van der Waals surface area contributed by atoms with E-state index in [2.05, 4.69) is 5.32 Å². The number of carbonyl (C=O) groups excluding carboxylic acids is 1. The number of rotatable bonds is 3. The molecule has 0 spiro atoms. The molecule has 3 N–H and O–H groups in total. The lowest BCUT2D eigenvalue weighted by molar-refractivity contribution is 0.0609. The van der Waals surface area contributed by atoms with E-state index in [4.69, 9.17) is 0 Å². The van der Waals surface area contributed by atoms with Crippen molar-refractivity contribution in [3.8, 4) is 5.75 Å². The van der Waals surface area contributed by atoms with Gasteiger partial charge in [0, 0.05) is 13.1 Å². The molecular formula is C19H26N2O3. The van der Waals surface area contributed by atoms with Crippen LogP contribution < -0.4 is 5.32 Å². The lowest BCUT2D eigenvalue weighted by Crippen LogP contribution is -2.48. The van der Waals surface area contributed by atoms with E-state index in [0.29, 0.717) is 30.0 Å². The van der Waals surface area contributed by atoms with Gasteiger partial charge in [0.15, 0.2) is 0 Å². The SMILES string of the molecule is Cc1cc(CCNC(=O)N2CC3CC4CC3C2C4O)cc(C)c1O. The minimum Gasteiger partial charge on any atom is -0.507 e. The Morgan fingerprint density at radius 1 is 1.25 bits per heavy atom. The molecule has 0 radical (unpaired) electrons. The first-order valence-corrected chi connectivity index (χ1v) is 8.97. The van der Waals surface area contributed by atoms with E-state index in [0.717, 1.165) is 42.5 Å². The number of nitrogens with one attached hydrogen (secondary N) is 1. The van der Waals surface area contributed by atoms with Gasteiger partial charge in [-0.25, -0.2) is 4.79 Å². The van der Waals surface area contributed by atoms with Crippen LogP contribution >= 0.6 is 0 Å². The number of benzene rings is 1. The van der Waals surface area contributed by atoms with Gasteiger partial charge >= 0.3 is 6.03 Å². The van der Waals surface area contributed by atoms with Crippen LogP contribution in [-0.4, -0.2) is 46.4 Å². The van der Waals surface area contributed by atoms with Gasteiger partial charge in [-0.2, -0.15) is 0 Å². The summed E-state index contributed by atoms with van der Waals surface area (Å²) in [7, 11) is 0. The molecule has 4 rings (SSSR count). The molecule has 2 saturated carbocycles. The Morgan fingerprint density at radius 2 is 1.96 bits per heavy atom. The van der Waals surface area contributed by atoms with Crippen LogP contribution in [0, 0.1) is 31.6 Å². The molecule has 5 nitrogen and oxygen atoms in total. The van der Waals surface area contributed by atoms with Crippen LogP contribution in [-0.2, 0) is 6.42 Å². The second kappa shape index (κ2) is 5.66. The van der Waals surface area contributed by atoms with E-state index in [1.54, 1.807) is 0 Å². The van der Waals surface area contributed by atoms with Crippen LogP contribution in [0.4, 0.5) is 4.79 Å². The number of amides is 2. The molecule has 0 aromatic heterocycles. The molecule has 24 heavy (non-hydrogen) atoms. The minimum absolute atomic E-state index is 0.0342. The zero-order valence-corrected chi connectivity index (χ0v) is 14.3. The average Bonchev–Trinajstić information content (AvgIpc) is 3.14. The van der Waals surface area contributed by atoms with Crippen LogP contribution in [0.2, 0.25) is 0 Å². The highest BCUT2D eigenvalue weighted by molar-refractivity contribution is 5.75. The lowest BCUT2D eigenvalue weighted by Gasteiger charge is -2.29. The van der Waals surface area contributed by atoms with Crippen molar-refractivity contribution in [2.45, 2.75) is 45.3 Å². The Morgan fingerprint density at radius 3 is 2.62 bits per heavy atom. The number of urea groups is 1. The monoisotopic (exact) mass is 330 g/mol. The molecule has 1 aliphatic heterocycles. The Balaban J connectivity index is 1.35. The fourth-order valence-electron chi connectivity index (χ4n) is 5.25. The molecule has 5 unspecified atom stereocenters. The molecule has 130 valence electrons. The number of aliphatic hydroxyl groups excluding tert-OH is 1. The number of phenolic OH excluding ortho intramolecular Hbond substituents is 1. The number of hydrogen-bond donors (Lipinski definition) is 3. The number of fused-ring (bicyclic) bond motifs is 1. The van der Waals surface area contributed by atoms with Crippen molar-refractivity contribution in [1.82, 2.24) is 10.2 Å². The highest BCUT2D eigenvalue weighted by atomic mass is 16.3. The zero-order valence-electron chi connectivity index (χ0n) is 14.3. The number of aryl methyl sites for hydroxylation is 2. The molecule has 1 aromatic carbocycles. The van der Waals surface area contributed by atoms with Crippen LogP contribution in [0.15, 0.2) is 12.1 Å². The number of hydrogen-bond acceptors (Lipinski definition) is 3. The summed E-state index contributed by atoms with van der Waals surface area (Å²) in [5.74, 6) is 1.86. The third-order valence-electron chi connectivity index (χ3n) is 6.35. The van der Waals surface area contributed by atoms with Crippen molar-refractivity contribution >= 4 is 6.03 Å². The molecular weight excluding hydrogens is 304 g/mol. The molecule has 3 fully saturated rings. The predicted molar refractivity (Wildman–Crippen MR) is 90.9 cm³/mol. The number of nitrogens with zero attached hydrogens (tertiary/aromatic N) is 1. The highest BCUT2D eigenvalue weighted by Gasteiger charge is 2.59. The van der Waals surface area contributed by atoms with Crippen molar-refractivity contribution in [2.24, 2.45) is 17.8 Å². The van der Waals surface area contributed by atoms with E-state index in [-0.39, 0.29) is 18.2 Å². The summed E-state index contributed by atoms with van der Waals surface area (Å²) in [6, 6.07) is 3.93. The molecule has 5 atom stereocenters. The average molecular weight is 330 g/mol. The van der Waals surface area contributed by atoms with Crippen molar-refractivity contribution < 1.29 is 15.0 Å². The summed E-state index contributed by atoms with van der Waals surface area (Å²) in [6.45, 7) is 5.15. The van der Waals surface area contributed by atoms with Gasteiger partial charge in [0.05, 0.1) is 12.1 Å². The van der Waals surface area contributed by atoms with E-state index in [9.17, 15) is 15.0 Å². The number of aromatic hydroxyl groups is 1. The third-order valence-corrected chi connectivity index (χ3v) is 6.35. The van der Waals surface area contributed by atoms with Gasteiger partial charge in [-0.15, -0.1) is 0 Å². The molecule has 1 heterocycles. The Hall–Kier alpha value is -1.75. The van der Waals surface area contributed by atoms with Gasteiger partial charge in [0.1, 0.15) is 5.75 Å². The molecule has 3 aliphatic rings. The van der Waals surface area contributed by atoms with E-state index in [1.807, 2.05) is 30.9 Å². The zero-order chi connectivity index (χ0) is 17.0. The van der Waals surface area contributed by atoms with Crippen molar-refractivity contribution in [3.63, 3.8) is 0 Å². The maximum Gasteiger partial charge on any atom is 0.317 e. The first-order chi connectivity index (χ1) is 11.5. The summed E-state index contributed by atoms with van der Waals surface area (Å²) in [4.78, 5) is 14.4. The summed E-state index contributed by atoms with van der Waals surface area (Å²) < 4.78 is 0. The topological polar surface area (TPSA) is 72.8 Å².